The highest BCUT2D eigenvalue weighted by Gasteiger charge is 2.20. The van der Waals surface area contributed by atoms with Gasteiger partial charge < -0.3 is 10.7 Å². The summed E-state index contributed by atoms with van der Waals surface area (Å²) in [7, 11) is -3.57. The van der Waals surface area contributed by atoms with Gasteiger partial charge in [-0.2, -0.15) is 0 Å². The van der Waals surface area contributed by atoms with Gasteiger partial charge in [0.25, 0.3) is 0 Å². The summed E-state index contributed by atoms with van der Waals surface area (Å²) in [4.78, 5) is 7.11. The molecule has 0 aliphatic rings. The highest BCUT2D eigenvalue weighted by Crippen LogP contribution is 2.15. The number of nitrogens with one attached hydrogen (secondary N) is 2. The molecule has 0 aromatic carbocycles. The lowest BCUT2D eigenvalue weighted by molar-refractivity contribution is 0.564. The molecule has 0 saturated heterocycles. The number of aromatic nitrogens is 2. The molecule has 2 aromatic heterocycles. The first-order chi connectivity index (χ1) is 9.03. The lowest BCUT2D eigenvalue weighted by Crippen LogP contribution is -2.27. The predicted molar refractivity (Wildman–Crippen MR) is 71.7 cm³/mol. The summed E-state index contributed by atoms with van der Waals surface area (Å²) < 4.78 is 26.9. The van der Waals surface area contributed by atoms with E-state index in [9.17, 15) is 8.42 Å². The summed E-state index contributed by atoms with van der Waals surface area (Å²) in [6.45, 7) is 2.02. The summed E-state index contributed by atoms with van der Waals surface area (Å²) in [5.74, 6) is 0. The Bertz CT molecular complexity index is 637. The summed E-state index contributed by atoms with van der Waals surface area (Å²) in [6, 6.07) is 6.49. The van der Waals surface area contributed by atoms with Crippen molar-refractivity contribution in [3.05, 3.63) is 48.0 Å². The Labute approximate surface area is 112 Å². The number of aromatic amines is 1. The Morgan fingerprint density at radius 3 is 2.84 bits per heavy atom. The maximum Gasteiger partial charge on any atom is 0.242 e. The van der Waals surface area contributed by atoms with Gasteiger partial charge in [-0.1, -0.05) is 6.07 Å². The van der Waals surface area contributed by atoms with Crippen molar-refractivity contribution in [2.75, 3.05) is 0 Å². The van der Waals surface area contributed by atoms with Crippen molar-refractivity contribution in [1.82, 2.24) is 14.7 Å². The molecule has 2 rings (SSSR count). The van der Waals surface area contributed by atoms with Crippen molar-refractivity contribution in [3.8, 4) is 0 Å². The molecule has 0 aliphatic heterocycles. The number of hydrogen-bond donors (Lipinski definition) is 3. The number of pyridine rings is 1. The van der Waals surface area contributed by atoms with Gasteiger partial charge in [0.05, 0.1) is 16.6 Å². The van der Waals surface area contributed by atoms with Crippen LogP contribution in [0.5, 0.6) is 0 Å². The molecule has 1 unspecified atom stereocenters. The van der Waals surface area contributed by atoms with Crippen LogP contribution in [-0.4, -0.2) is 18.4 Å². The number of sulfonamides is 1. The summed E-state index contributed by atoms with van der Waals surface area (Å²) in [6.07, 6.45) is 3.05. The van der Waals surface area contributed by atoms with Gasteiger partial charge in [0.1, 0.15) is 0 Å². The van der Waals surface area contributed by atoms with Gasteiger partial charge in [-0.05, 0) is 25.1 Å². The van der Waals surface area contributed by atoms with Gasteiger partial charge in [0, 0.05) is 24.6 Å². The fourth-order valence-corrected chi connectivity index (χ4v) is 2.92. The lowest BCUT2D eigenvalue weighted by Gasteiger charge is -2.12. The van der Waals surface area contributed by atoms with Crippen molar-refractivity contribution in [2.24, 2.45) is 5.73 Å². The zero-order valence-corrected chi connectivity index (χ0v) is 11.3. The van der Waals surface area contributed by atoms with E-state index in [1.165, 1.54) is 12.3 Å². The van der Waals surface area contributed by atoms with E-state index >= 15 is 0 Å². The fraction of sp³-hybridized carbons (Fsp3) is 0.250. The second kappa shape index (κ2) is 5.52. The topological polar surface area (TPSA) is 101 Å². The SMILES string of the molecule is CC(NS(=O)(=O)c1c[nH]c(CN)c1)c1ccccn1. The lowest BCUT2D eigenvalue weighted by atomic mass is 10.2. The van der Waals surface area contributed by atoms with E-state index in [1.54, 1.807) is 25.3 Å². The smallest absolute Gasteiger partial charge is 0.242 e. The number of H-pyrrole nitrogens is 1. The van der Waals surface area contributed by atoms with Gasteiger partial charge in [0.15, 0.2) is 0 Å². The summed E-state index contributed by atoms with van der Waals surface area (Å²) in [5, 5.41) is 0. The van der Waals surface area contributed by atoms with Crippen molar-refractivity contribution in [3.63, 3.8) is 0 Å². The molecule has 102 valence electrons. The first-order valence-corrected chi connectivity index (χ1v) is 7.32. The molecule has 0 radical (unpaired) electrons. The standard InChI is InChI=1S/C12H16N4O2S/c1-9(12-4-2-3-5-14-12)16-19(17,18)11-6-10(7-13)15-8-11/h2-6,8-9,15-16H,7,13H2,1H3. The van der Waals surface area contributed by atoms with E-state index in [2.05, 4.69) is 14.7 Å². The molecule has 6 nitrogen and oxygen atoms in total. The van der Waals surface area contributed by atoms with Crippen LogP contribution in [0.1, 0.15) is 24.4 Å². The molecular weight excluding hydrogens is 264 g/mol. The third-order valence-electron chi connectivity index (χ3n) is 2.71. The highest BCUT2D eigenvalue weighted by molar-refractivity contribution is 7.89. The van der Waals surface area contributed by atoms with Crippen molar-refractivity contribution < 1.29 is 8.42 Å². The van der Waals surface area contributed by atoms with Crippen LogP contribution in [0.3, 0.4) is 0 Å². The molecule has 0 amide bonds. The zero-order valence-electron chi connectivity index (χ0n) is 10.5. The van der Waals surface area contributed by atoms with Crippen LogP contribution >= 0.6 is 0 Å². The highest BCUT2D eigenvalue weighted by atomic mass is 32.2. The van der Waals surface area contributed by atoms with Crippen molar-refractivity contribution in [2.45, 2.75) is 24.4 Å². The van der Waals surface area contributed by atoms with Crippen molar-refractivity contribution >= 4 is 10.0 Å². The Morgan fingerprint density at radius 2 is 2.26 bits per heavy atom. The normalized spacial score (nSPS) is 13.4. The maximum atomic E-state index is 12.1. The molecule has 1 atom stereocenters. The Hall–Kier alpha value is -1.70. The van der Waals surface area contributed by atoms with Crippen LogP contribution in [0.25, 0.3) is 0 Å². The third-order valence-corrected chi connectivity index (χ3v) is 4.23. The summed E-state index contributed by atoms with van der Waals surface area (Å²) in [5.41, 5.74) is 6.78. The Morgan fingerprint density at radius 1 is 1.47 bits per heavy atom. The molecule has 2 aromatic rings. The van der Waals surface area contributed by atoms with E-state index < -0.39 is 16.1 Å². The molecule has 0 bridgehead atoms. The van der Waals surface area contributed by atoms with Gasteiger partial charge in [-0.15, -0.1) is 0 Å². The van der Waals surface area contributed by atoms with Crippen LogP contribution in [0, 0.1) is 0 Å². The Balaban J connectivity index is 2.17. The van der Waals surface area contributed by atoms with Crippen LogP contribution in [0.2, 0.25) is 0 Å². The zero-order chi connectivity index (χ0) is 13.9. The molecule has 7 heteroatoms. The number of hydrogen-bond acceptors (Lipinski definition) is 4. The van der Waals surface area contributed by atoms with E-state index in [4.69, 9.17) is 5.73 Å². The monoisotopic (exact) mass is 280 g/mol. The largest absolute Gasteiger partial charge is 0.363 e. The first-order valence-electron chi connectivity index (χ1n) is 5.83. The van der Waals surface area contributed by atoms with Crippen LogP contribution in [0.4, 0.5) is 0 Å². The molecule has 0 spiro atoms. The first kappa shape index (κ1) is 13.7. The second-order valence-corrected chi connectivity index (χ2v) is 5.88. The van der Waals surface area contributed by atoms with Gasteiger partial charge >= 0.3 is 0 Å². The Kier molecular flexibility index (Phi) is 3.98. The minimum absolute atomic E-state index is 0.177. The number of nitrogens with zero attached hydrogens (tertiary/aromatic N) is 1. The average molecular weight is 280 g/mol. The second-order valence-electron chi connectivity index (χ2n) is 4.16. The molecule has 4 N–H and O–H groups in total. The molecule has 0 fully saturated rings. The third kappa shape index (κ3) is 3.19. The molecule has 19 heavy (non-hydrogen) atoms. The quantitative estimate of drug-likeness (QED) is 0.757. The van der Waals surface area contributed by atoms with Gasteiger partial charge in [-0.3, -0.25) is 4.98 Å². The molecule has 0 saturated carbocycles. The van der Waals surface area contributed by atoms with E-state index in [1.807, 2.05) is 6.07 Å². The molecule has 0 aliphatic carbocycles. The van der Waals surface area contributed by atoms with Crippen LogP contribution in [-0.2, 0) is 16.6 Å². The van der Waals surface area contributed by atoms with E-state index in [0.29, 0.717) is 11.4 Å². The van der Waals surface area contributed by atoms with Crippen LogP contribution < -0.4 is 10.5 Å². The molecular formula is C12H16N4O2S. The predicted octanol–water partition coefficient (Wildman–Crippen LogP) is 0.908. The van der Waals surface area contributed by atoms with Crippen molar-refractivity contribution in [1.29, 1.82) is 0 Å². The number of nitrogens with two attached hydrogens (primary N) is 1. The summed E-state index contributed by atoms with van der Waals surface area (Å²) >= 11 is 0. The molecule has 2 heterocycles. The maximum absolute atomic E-state index is 12.1. The van der Waals surface area contributed by atoms with Gasteiger partial charge in [0.2, 0.25) is 10.0 Å². The van der Waals surface area contributed by atoms with Gasteiger partial charge in [-0.25, -0.2) is 13.1 Å². The van der Waals surface area contributed by atoms with Crippen LogP contribution in [0.15, 0.2) is 41.6 Å². The fourth-order valence-electron chi connectivity index (χ4n) is 1.69. The number of rotatable bonds is 5. The van der Waals surface area contributed by atoms with E-state index in [0.717, 1.165) is 0 Å². The minimum Gasteiger partial charge on any atom is -0.363 e. The van der Waals surface area contributed by atoms with E-state index in [-0.39, 0.29) is 11.4 Å². The average Bonchev–Trinajstić information content (AvgIpc) is 2.89. The minimum atomic E-state index is -3.57.